The number of aromatic hydroxyl groups is 1. The highest BCUT2D eigenvalue weighted by molar-refractivity contribution is 7.92. The van der Waals surface area contributed by atoms with Gasteiger partial charge in [-0.3, -0.25) is 4.72 Å². The summed E-state index contributed by atoms with van der Waals surface area (Å²) in [5.41, 5.74) is 0.290. The lowest BCUT2D eigenvalue weighted by atomic mass is 10.3. The number of imidazole rings is 1. The zero-order valence-electron chi connectivity index (χ0n) is 9.95. The quantitative estimate of drug-likeness (QED) is 0.876. The third-order valence-corrected chi connectivity index (χ3v) is 3.71. The van der Waals surface area contributed by atoms with Gasteiger partial charge in [-0.05, 0) is 19.1 Å². The minimum atomic E-state index is -3.72. The number of hydrogen-bond acceptors (Lipinski definition) is 4. The summed E-state index contributed by atoms with van der Waals surface area (Å²) in [7, 11) is -2.01. The van der Waals surface area contributed by atoms with Gasteiger partial charge in [-0.1, -0.05) is 6.07 Å². The minimum Gasteiger partial charge on any atom is -0.508 e. The Balaban J connectivity index is 2.33. The molecule has 0 saturated heterocycles. The van der Waals surface area contributed by atoms with Crippen molar-refractivity contribution in [2.24, 2.45) is 7.05 Å². The summed E-state index contributed by atoms with van der Waals surface area (Å²) in [5.74, 6) is 0.596. The van der Waals surface area contributed by atoms with Crippen LogP contribution in [0.25, 0.3) is 0 Å². The fraction of sp³-hybridized carbons (Fsp3) is 0.182. The van der Waals surface area contributed by atoms with Crippen LogP contribution in [0.3, 0.4) is 0 Å². The molecule has 0 amide bonds. The predicted molar refractivity (Wildman–Crippen MR) is 66.9 cm³/mol. The first-order valence-corrected chi connectivity index (χ1v) is 6.68. The highest BCUT2D eigenvalue weighted by atomic mass is 32.2. The number of benzene rings is 1. The van der Waals surface area contributed by atoms with Gasteiger partial charge in [-0.2, -0.15) is 8.42 Å². The molecule has 0 spiro atoms. The van der Waals surface area contributed by atoms with E-state index in [2.05, 4.69) is 9.71 Å². The van der Waals surface area contributed by atoms with Gasteiger partial charge >= 0.3 is 0 Å². The van der Waals surface area contributed by atoms with Crippen LogP contribution in [0.2, 0.25) is 0 Å². The minimum absolute atomic E-state index is 0.00704. The van der Waals surface area contributed by atoms with Crippen molar-refractivity contribution in [2.45, 2.75) is 11.9 Å². The van der Waals surface area contributed by atoms with Crippen molar-refractivity contribution in [3.05, 3.63) is 36.3 Å². The maximum atomic E-state index is 12.0. The first kappa shape index (κ1) is 12.4. The van der Waals surface area contributed by atoms with Crippen molar-refractivity contribution in [3.8, 4) is 5.75 Å². The molecule has 6 nitrogen and oxygen atoms in total. The molecule has 0 aliphatic heterocycles. The molecular formula is C11H13N3O3S. The molecule has 18 heavy (non-hydrogen) atoms. The highest BCUT2D eigenvalue weighted by Crippen LogP contribution is 2.19. The van der Waals surface area contributed by atoms with Gasteiger partial charge in [-0.15, -0.1) is 0 Å². The number of aromatic nitrogens is 2. The fourth-order valence-corrected chi connectivity index (χ4v) is 2.52. The van der Waals surface area contributed by atoms with Crippen LogP contribution in [0.1, 0.15) is 5.82 Å². The van der Waals surface area contributed by atoms with E-state index in [4.69, 9.17) is 0 Å². The standard InChI is InChI=1S/C11H13N3O3S/c1-8-12-11(7-14(8)2)18(16,17)13-9-4-3-5-10(15)6-9/h3-7,13,15H,1-2H3. The Bertz CT molecular complexity index is 657. The van der Waals surface area contributed by atoms with Gasteiger partial charge in [0.15, 0.2) is 5.03 Å². The zero-order valence-corrected chi connectivity index (χ0v) is 10.8. The van der Waals surface area contributed by atoms with Gasteiger partial charge in [0.1, 0.15) is 11.6 Å². The molecule has 0 fully saturated rings. The van der Waals surface area contributed by atoms with Gasteiger partial charge in [0.05, 0.1) is 5.69 Å². The van der Waals surface area contributed by atoms with Crippen molar-refractivity contribution in [1.82, 2.24) is 9.55 Å². The molecule has 2 N–H and O–H groups in total. The van der Waals surface area contributed by atoms with Crippen LogP contribution in [-0.4, -0.2) is 23.1 Å². The van der Waals surface area contributed by atoms with Crippen LogP contribution in [-0.2, 0) is 17.1 Å². The summed E-state index contributed by atoms with van der Waals surface area (Å²) in [6, 6.07) is 5.89. The topological polar surface area (TPSA) is 84.2 Å². The van der Waals surface area contributed by atoms with E-state index in [1.165, 1.54) is 18.3 Å². The molecule has 0 saturated carbocycles. The van der Waals surface area contributed by atoms with Crippen LogP contribution >= 0.6 is 0 Å². The number of rotatable bonds is 3. The van der Waals surface area contributed by atoms with Crippen LogP contribution in [0.5, 0.6) is 5.75 Å². The van der Waals surface area contributed by atoms with Crippen LogP contribution < -0.4 is 4.72 Å². The summed E-state index contributed by atoms with van der Waals surface area (Å²) in [5, 5.41) is 9.22. The van der Waals surface area contributed by atoms with E-state index in [-0.39, 0.29) is 10.8 Å². The van der Waals surface area contributed by atoms with Crippen molar-refractivity contribution in [2.75, 3.05) is 4.72 Å². The molecule has 96 valence electrons. The maximum absolute atomic E-state index is 12.0. The van der Waals surface area contributed by atoms with E-state index < -0.39 is 10.0 Å². The van der Waals surface area contributed by atoms with E-state index in [0.29, 0.717) is 11.5 Å². The summed E-state index contributed by atoms with van der Waals surface area (Å²) >= 11 is 0. The maximum Gasteiger partial charge on any atom is 0.280 e. The Morgan fingerprint density at radius 1 is 1.39 bits per heavy atom. The second-order valence-electron chi connectivity index (χ2n) is 3.89. The Morgan fingerprint density at radius 2 is 2.11 bits per heavy atom. The highest BCUT2D eigenvalue weighted by Gasteiger charge is 2.18. The van der Waals surface area contributed by atoms with Crippen molar-refractivity contribution in [1.29, 1.82) is 0 Å². The SMILES string of the molecule is Cc1nc(S(=O)(=O)Nc2cccc(O)c2)cn1C. The van der Waals surface area contributed by atoms with Gasteiger partial charge in [0.25, 0.3) is 10.0 Å². The van der Waals surface area contributed by atoms with Crippen LogP contribution in [0, 0.1) is 6.92 Å². The lowest BCUT2D eigenvalue weighted by Gasteiger charge is -2.05. The average Bonchev–Trinajstić information content (AvgIpc) is 2.59. The summed E-state index contributed by atoms with van der Waals surface area (Å²) in [6.07, 6.45) is 1.43. The Hall–Kier alpha value is -2.02. The lowest BCUT2D eigenvalue weighted by Crippen LogP contribution is -2.13. The van der Waals surface area contributed by atoms with E-state index in [1.54, 1.807) is 30.7 Å². The van der Waals surface area contributed by atoms with E-state index in [9.17, 15) is 13.5 Å². The van der Waals surface area contributed by atoms with Gasteiger partial charge in [0.2, 0.25) is 0 Å². The van der Waals surface area contributed by atoms with E-state index in [1.807, 2.05) is 0 Å². The molecule has 0 aliphatic carbocycles. The number of aryl methyl sites for hydroxylation is 2. The van der Waals surface area contributed by atoms with Gasteiger partial charge in [-0.25, -0.2) is 4.98 Å². The molecule has 0 atom stereocenters. The fourth-order valence-electron chi connectivity index (χ4n) is 1.43. The molecule has 0 unspecified atom stereocenters. The van der Waals surface area contributed by atoms with E-state index in [0.717, 1.165) is 0 Å². The number of phenolic OH excluding ortho intramolecular Hbond substituents is 1. The second-order valence-corrected chi connectivity index (χ2v) is 5.52. The monoisotopic (exact) mass is 267 g/mol. The Kier molecular flexibility index (Phi) is 3.00. The van der Waals surface area contributed by atoms with Crippen molar-refractivity contribution in [3.63, 3.8) is 0 Å². The van der Waals surface area contributed by atoms with Crippen molar-refractivity contribution >= 4 is 15.7 Å². The molecule has 2 rings (SSSR count). The molecular weight excluding hydrogens is 254 g/mol. The molecule has 0 radical (unpaired) electrons. The first-order chi connectivity index (χ1) is 8.38. The second kappa shape index (κ2) is 4.34. The molecule has 2 aromatic rings. The smallest absolute Gasteiger partial charge is 0.280 e. The molecule has 1 aromatic heterocycles. The number of sulfonamides is 1. The summed E-state index contributed by atoms with van der Waals surface area (Å²) in [6.45, 7) is 1.72. The van der Waals surface area contributed by atoms with Crippen LogP contribution in [0.15, 0.2) is 35.5 Å². The van der Waals surface area contributed by atoms with E-state index >= 15 is 0 Å². The molecule has 1 aromatic carbocycles. The summed E-state index contributed by atoms with van der Waals surface area (Å²) in [4.78, 5) is 3.95. The molecule has 7 heteroatoms. The van der Waals surface area contributed by atoms with Gasteiger partial charge < -0.3 is 9.67 Å². The molecule has 1 heterocycles. The third-order valence-electron chi connectivity index (χ3n) is 2.46. The Morgan fingerprint density at radius 3 is 2.67 bits per heavy atom. The largest absolute Gasteiger partial charge is 0.508 e. The van der Waals surface area contributed by atoms with Crippen molar-refractivity contribution < 1.29 is 13.5 Å². The number of nitrogens with one attached hydrogen (secondary N) is 1. The number of anilines is 1. The molecule has 0 aliphatic rings. The summed E-state index contributed by atoms with van der Waals surface area (Å²) < 4.78 is 28.0. The number of hydrogen-bond donors (Lipinski definition) is 2. The normalized spacial score (nSPS) is 11.4. The predicted octanol–water partition coefficient (Wildman–Crippen LogP) is 1.23. The molecule has 0 bridgehead atoms. The Labute approximate surface area is 105 Å². The number of phenols is 1. The third kappa shape index (κ3) is 2.45. The van der Waals surface area contributed by atoms with Gasteiger partial charge in [0, 0.05) is 19.3 Å². The van der Waals surface area contributed by atoms with Crippen LogP contribution in [0.4, 0.5) is 5.69 Å². The number of nitrogens with zero attached hydrogens (tertiary/aromatic N) is 2. The average molecular weight is 267 g/mol. The zero-order chi connectivity index (χ0) is 13.3. The first-order valence-electron chi connectivity index (χ1n) is 5.20. The lowest BCUT2D eigenvalue weighted by molar-refractivity contribution is 0.475.